The average molecular weight is 382 g/mol. The van der Waals surface area contributed by atoms with E-state index in [2.05, 4.69) is 10.6 Å². The van der Waals surface area contributed by atoms with Crippen molar-refractivity contribution in [1.29, 1.82) is 0 Å². The van der Waals surface area contributed by atoms with Crippen LogP contribution in [0.15, 0.2) is 60.7 Å². The van der Waals surface area contributed by atoms with E-state index in [1.54, 1.807) is 74.9 Å². The lowest BCUT2D eigenvalue weighted by atomic mass is 10.3. The third kappa shape index (κ3) is 4.65. The summed E-state index contributed by atoms with van der Waals surface area (Å²) in [5.74, 6) is 0.733. The molecule has 0 aliphatic heterocycles. The minimum Gasteiger partial charge on any atom is -0.497 e. The molecule has 0 atom stereocenters. The van der Waals surface area contributed by atoms with E-state index in [-0.39, 0.29) is 11.8 Å². The molecular weight excluding hydrogens is 364 g/mol. The Labute approximate surface area is 160 Å². The number of anilines is 2. The van der Waals surface area contributed by atoms with Gasteiger partial charge in [-0.2, -0.15) is 0 Å². The van der Waals surface area contributed by atoms with Gasteiger partial charge in [0.1, 0.15) is 11.5 Å². The first-order valence-corrected chi connectivity index (χ1v) is 8.91. The zero-order chi connectivity index (χ0) is 19.2. The molecule has 7 heteroatoms. The molecule has 0 saturated heterocycles. The molecule has 0 spiro atoms. The van der Waals surface area contributed by atoms with Crippen molar-refractivity contribution >= 4 is 34.5 Å². The maximum atomic E-state index is 12.4. The molecule has 138 valence electrons. The number of nitrogens with one attached hydrogen (secondary N) is 2. The summed E-state index contributed by atoms with van der Waals surface area (Å²) in [4.78, 5) is 25.7. The highest BCUT2D eigenvalue weighted by atomic mass is 32.1. The Balaban J connectivity index is 1.67. The topological polar surface area (TPSA) is 76.7 Å². The van der Waals surface area contributed by atoms with Crippen LogP contribution in [-0.2, 0) is 0 Å². The van der Waals surface area contributed by atoms with Gasteiger partial charge in [0.05, 0.1) is 24.0 Å². The fraction of sp³-hybridized carbons (Fsp3) is 0.100. The van der Waals surface area contributed by atoms with Gasteiger partial charge in [0, 0.05) is 23.5 Å². The molecule has 0 unspecified atom stereocenters. The number of amides is 2. The Hall–Kier alpha value is -3.32. The van der Waals surface area contributed by atoms with Gasteiger partial charge in [0.25, 0.3) is 11.8 Å². The molecule has 0 radical (unpaired) electrons. The number of hydrogen-bond acceptors (Lipinski definition) is 5. The second-order valence-corrected chi connectivity index (χ2v) is 6.62. The van der Waals surface area contributed by atoms with Crippen molar-refractivity contribution in [2.45, 2.75) is 0 Å². The van der Waals surface area contributed by atoms with Crippen molar-refractivity contribution in [3.8, 4) is 11.5 Å². The normalized spacial score (nSPS) is 10.1. The SMILES string of the molecule is COc1cccc(NC(=O)c2ccc(C(=O)Nc3cccc(OC)c3)s2)c1. The van der Waals surface area contributed by atoms with Crippen LogP contribution in [0.2, 0.25) is 0 Å². The van der Waals surface area contributed by atoms with Crippen molar-refractivity contribution in [3.05, 3.63) is 70.4 Å². The number of carbonyl (C=O) groups excluding carboxylic acids is 2. The van der Waals surface area contributed by atoms with E-state index in [0.717, 1.165) is 11.3 Å². The van der Waals surface area contributed by atoms with E-state index in [0.29, 0.717) is 32.6 Å². The van der Waals surface area contributed by atoms with Gasteiger partial charge in [-0.15, -0.1) is 11.3 Å². The molecular formula is C20H18N2O4S. The minimum atomic E-state index is -0.284. The van der Waals surface area contributed by atoms with Crippen LogP contribution in [0.25, 0.3) is 0 Å². The second-order valence-electron chi connectivity index (χ2n) is 5.54. The third-order valence-corrected chi connectivity index (χ3v) is 4.79. The zero-order valence-electron chi connectivity index (χ0n) is 14.8. The Morgan fingerprint density at radius 3 is 1.59 bits per heavy atom. The standard InChI is InChI=1S/C20H18N2O4S/c1-25-15-7-3-5-13(11-15)21-19(23)17-9-10-18(27-17)20(24)22-14-6-4-8-16(12-14)26-2/h3-12H,1-2H3,(H,21,23)(H,22,24). The molecule has 6 nitrogen and oxygen atoms in total. The molecule has 0 saturated carbocycles. The highest BCUT2D eigenvalue weighted by molar-refractivity contribution is 7.16. The lowest BCUT2D eigenvalue weighted by Crippen LogP contribution is -2.11. The largest absolute Gasteiger partial charge is 0.497 e. The number of hydrogen-bond donors (Lipinski definition) is 2. The number of benzene rings is 2. The van der Waals surface area contributed by atoms with Crippen LogP contribution in [0.5, 0.6) is 11.5 Å². The van der Waals surface area contributed by atoms with Gasteiger partial charge in [-0.1, -0.05) is 12.1 Å². The molecule has 2 aromatic carbocycles. The van der Waals surface area contributed by atoms with E-state index in [1.807, 2.05) is 0 Å². The molecule has 1 heterocycles. The van der Waals surface area contributed by atoms with E-state index in [9.17, 15) is 9.59 Å². The van der Waals surface area contributed by atoms with Crippen LogP contribution in [0.4, 0.5) is 11.4 Å². The zero-order valence-corrected chi connectivity index (χ0v) is 15.6. The molecule has 1 aromatic heterocycles. The molecule has 27 heavy (non-hydrogen) atoms. The Morgan fingerprint density at radius 2 is 1.19 bits per heavy atom. The summed E-state index contributed by atoms with van der Waals surface area (Å²) in [5, 5.41) is 5.59. The van der Waals surface area contributed by atoms with Crippen molar-refractivity contribution in [2.75, 3.05) is 24.9 Å². The molecule has 3 aromatic rings. The van der Waals surface area contributed by atoms with Gasteiger partial charge < -0.3 is 20.1 Å². The van der Waals surface area contributed by atoms with Crippen molar-refractivity contribution in [2.24, 2.45) is 0 Å². The number of rotatable bonds is 6. The fourth-order valence-electron chi connectivity index (χ4n) is 2.37. The first-order chi connectivity index (χ1) is 13.1. The first-order valence-electron chi connectivity index (χ1n) is 8.09. The van der Waals surface area contributed by atoms with Crippen LogP contribution in [-0.4, -0.2) is 26.0 Å². The lowest BCUT2D eigenvalue weighted by Gasteiger charge is -2.06. The molecule has 0 fully saturated rings. The van der Waals surface area contributed by atoms with Crippen molar-refractivity contribution in [1.82, 2.24) is 0 Å². The highest BCUT2D eigenvalue weighted by Gasteiger charge is 2.14. The fourth-order valence-corrected chi connectivity index (χ4v) is 3.17. The summed E-state index contributed by atoms with van der Waals surface area (Å²) in [6.07, 6.45) is 0. The second kappa shape index (κ2) is 8.37. The van der Waals surface area contributed by atoms with E-state index in [4.69, 9.17) is 9.47 Å². The Kier molecular flexibility index (Phi) is 5.73. The summed E-state index contributed by atoms with van der Waals surface area (Å²) in [6.45, 7) is 0. The van der Waals surface area contributed by atoms with Gasteiger partial charge in [0.2, 0.25) is 0 Å². The smallest absolute Gasteiger partial charge is 0.265 e. The monoisotopic (exact) mass is 382 g/mol. The van der Waals surface area contributed by atoms with Gasteiger partial charge in [-0.3, -0.25) is 9.59 Å². The van der Waals surface area contributed by atoms with Crippen LogP contribution < -0.4 is 20.1 Å². The van der Waals surface area contributed by atoms with Crippen molar-refractivity contribution in [3.63, 3.8) is 0 Å². The summed E-state index contributed by atoms with van der Waals surface area (Å²) < 4.78 is 10.3. The summed E-state index contributed by atoms with van der Waals surface area (Å²) in [5.41, 5.74) is 1.24. The molecule has 0 bridgehead atoms. The van der Waals surface area contributed by atoms with E-state index < -0.39 is 0 Å². The Morgan fingerprint density at radius 1 is 0.741 bits per heavy atom. The summed E-state index contributed by atoms with van der Waals surface area (Å²) in [7, 11) is 3.13. The number of methoxy groups -OCH3 is 2. The predicted molar refractivity (Wildman–Crippen MR) is 106 cm³/mol. The predicted octanol–water partition coefficient (Wildman–Crippen LogP) is 4.27. The number of thiophene rings is 1. The molecule has 0 aliphatic carbocycles. The van der Waals surface area contributed by atoms with Crippen LogP contribution in [0.3, 0.4) is 0 Å². The number of ether oxygens (including phenoxy) is 2. The van der Waals surface area contributed by atoms with Gasteiger partial charge >= 0.3 is 0 Å². The van der Waals surface area contributed by atoms with Gasteiger partial charge in [-0.25, -0.2) is 0 Å². The lowest BCUT2D eigenvalue weighted by molar-refractivity contribution is 0.102. The highest BCUT2D eigenvalue weighted by Crippen LogP contribution is 2.23. The maximum Gasteiger partial charge on any atom is 0.265 e. The molecule has 0 aliphatic rings. The summed E-state index contributed by atoms with van der Waals surface area (Å²) in [6, 6.07) is 17.4. The minimum absolute atomic E-state index is 0.284. The Bertz CT molecular complexity index is 892. The van der Waals surface area contributed by atoms with E-state index in [1.165, 1.54) is 0 Å². The maximum absolute atomic E-state index is 12.4. The van der Waals surface area contributed by atoms with Crippen LogP contribution in [0, 0.1) is 0 Å². The molecule has 2 amide bonds. The van der Waals surface area contributed by atoms with Gasteiger partial charge in [-0.05, 0) is 36.4 Å². The van der Waals surface area contributed by atoms with Crippen LogP contribution >= 0.6 is 11.3 Å². The number of carbonyl (C=O) groups is 2. The molecule has 3 rings (SSSR count). The van der Waals surface area contributed by atoms with Gasteiger partial charge in [0.15, 0.2) is 0 Å². The first kappa shape index (κ1) is 18.5. The quantitative estimate of drug-likeness (QED) is 0.667. The van der Waals surface area contributed by atoms with E-state index >= 15 is 0 Å². The summed E-state index contributed by atoms with van der Waals surface area (Å²) >= 11 is 1.12. The van der Waals surface area contributed by atoms with Crippen LogP contribution in [0.1, 0.15) is 19.3 Å². The molecule has 2 N–H and O–H groups in total. The van der Waals surface area contributed by atoms with Crippen molar-refractivity contribution < 1.29 is 19.1 Å². The average Bonchev–Trinajstić information content (AvgIpc) is 3.19. The third-order valence-electron chi connectivity index (χ3n) is 3.71.